The van der Waals surface area contributed by atoms with Crippen LogP contribution in [0.5, 0.6) is 0 Å². The average molecular weight is 250 g/mol. The highest BCUT2D eigenvalue weighted by Crippen LogP contribution is 2.08. The smallest absolute Gasteiger partial charge is 0.329 e. The maximum atomic E-state index is 11.3. The first-order valence-corrected chi connectivity index (χ1v) is 6.64. The van der Waals surface area contributed by atoms with Gasteiger partial charge >= 0.3 is 12.0 Å². The minimum atomic E-state index is -1.27. The van der Waals surface area contributed by atoms with Gasteiger partial charge in [-0.05, 0) is 13.3 Å². The van der Waals surface area contributed by atoms with Gasteiger partial charge in [0.25, 0.3) is 0 Å². The Hall–Kier alpha value is -1.11. The van der Waals surface area contributed by atoms with Gasteiger partial charge in [-0.1, -0.05) is 6.92 Å². The zero-order valence-corrected chi connectivity index (χ0v) is 10.5. The van der Waals surface area contributed by atoms with Crippen LogP contribution in [0.25, 0.3) is 0 Å². The van der Waals surface area contributed by atoms with Gasteiger partial charge in [-0.2, -0.15) is 0 Å². The molecule has 0 fully saturated rings. The van der Waals surface area contributed by atoms with Crippen LogP contribution in [0.1, 0.15) is 20.3 Å². The second-order valence-corrected chi connectivity index (χ2v) is 5.20. The largest absolute Gasteiger partial charge is 0.480 e. The predicted molar refractivity (Wildman–Crippen MR) is 61.8 cm³/mol. The Bertz CT molecular complexity index is 295. The first-order chi connectivity index (χ1) is 7.31. The van der Waals surface area contributed by atoms with Gasteiger partial charge in [-0.15, -0.1) is 0 Å². The van der Waals surface area contributed by atoms with E-state index in [0.29, 0.717) is 5.75 Å². The molecule has 0 saturated heterocycles. The number of hydrogen-bond donors (Lipinski definition) is 3. The van der Waals surface area contributed by atoms with E-state index in [1.165, 1.54) is 13.2 Å². The number of rotatable bonds is 6. The van der Waals surface area contributed by atoms with Crippen molar-refractivity contribution in [2.24, 2.45) is 0 Å². The van der Waals surface area contributed by atoms with Crippen molar-refractivity contribution < 1.29 is 18.9 Å². The average Bonchev–Trinajstić information content (AvgIpc) is 2.16. The molecule has 0 aromatic carbocycles. The molecule has 0 spiro atoms. The van der Waals surface area contributed by atoms with Crippen molar-refractivity contribution in [1.29, 1.82) is 0 Å². The Balaban J connectivity index is 4.12. The normalized spacial score (nSPS) is 15.9. The highest BCUT2D eigenvalue weighted by Gasteiger charge is 2.32. The van der Waals surface area contributed by atoms with Crippen LogP contribution in [-0.4, -0.2) is 45.4 Å². The molecule has 6 nitrogen and oxygen atoms in total. The summed E-state index contributed by atoms with van der Waals surface area (Å²) >= 11 is 0. The molecule has 2 amide bonds. The third-order valence-corrected chi connectivity index (χ3v) is 3.02. The Morgan fingerprint density at radius 1 is 1.44 bits per heavy atom. The van der Waals surface area contributed by atoms with E-state index in [1.807, 2.05) is 0 Å². The first kappa shape index (κ1) is 14.9. The van der Waals surface area contributed by atoms with Gasteiger partial charge < -0.3 is 15.7 Å². The number of carboxylic acid groups (broad SMARTS) is 1. The molecule has 0 aromatic rings. The van der Waals surface area contributed by atoms with E-state index in [2.05, 4.69) is 10.6 Å². The standard InChI is InChI=1S/C9H18N2O4S/c1-4-9(2,7(12)13)11-8(14)10-5-6-16(3)15/h4-6H2,1-3H3,(H,12,13)(H2,10,11,14). The zero-order chi connectivity index (χ0) is 12.8. The van der Waals surface area contributed by atoms with Crippen LogP contribution in [0.15, 0.2) is 0 Å². The van der Waals surface area contributed by atoms with E-state index >= 15 is 0 Å². The highest BCUT2D eigenvalue weighted by atomic mass is 32.2. The van der Waals surface area contributed by atoms with E-state index in [9.17, 15) is 13.8 Å². The SMILES string of the molecule is CCC(C)(NC(=O)NCCS(C)=O)C(=O)O. The number of carbonyl (C=O) groups excluding carboxylic acids is 1. The quantitative estimate of drug-likeness (QED) is 0.614. The van der Waals surface area contributed by atoms with Crippen LogP contribution in [0.2, 0.25) is 0 Å². The fourth-order valence-corrected chi connectivity index (χ4v) is 1.29. The van der Waals surface area contributed by atoms with Crippen molar-refractivity contribution in [1.82, 2.24) is 10.6 Å². The fraction of sp³-hybridized carbons (Fsp3) is 0.778. The Labute approximate surface area is 97.3 Å². The molecule has 0 radical (unpaired) electrons. The maximum Gasteiger partial charge on any atom is 0.329 e. The van der Waals surface area contributed by atoms with Crippen LogP contribution in [-0.2, 0) is 15.6 Å². The summed E-state index contributed by atoms with van der Waals surface area (Å²) in [4.78, 5) is 22.2. The minimum absolute atomic E-state index is 0.258. The second-order valence-electron chi connectivity index (χ2n) is 3.65. The summed E-state index contributed by atoms with van der Waals surface area (Å²) in [5, 5.41) is 13.7. The molecule has 16 heavy (non-hydrogen) atoms. The van der Waals surface area contributed by atoms with E-state index in [-0.39, 0.29) is 13.0 Å². The number of hydrogen-bond acceptors (Lipinski definition) is 3. The maximum absolute atomic E-state index is 11.3. The molecule has 2 unspecified atom stereocenters. The van der Waals surface area contributed by atoms with Gasteiger partial charge in [0.2, 0.25) is 0 Å². The van der Waals surface area contributed by atoms with Crippen molar-refractivity contribution in [3.63, 3.8) is 0 Å². The number of nitrogens with one attached hydrogen (secondary N) is 2. The van der Waals surface area contributed by atoms with Gasteiger partial charge in [0.05, 0.1) is 0 Å². The van der Waals surface area contributed by atoms with Crippen molar-refractivity contribution in [3.8, 4) is 0 Å². The Kier molecular flexibility index (Phi) is 6.02. The highest BCUT2D eigenvalue weighted by molar-refractivity contribution is 7.84. The van der Waals surface area contributed by atoms with Crippen LogP contribution in [0.4, 0.5) is 4.79 Å². The van der Waals surface area contributed by atoms with E-state index in [0.717, 1.165) is 0 Å². The van der Waals surface area contributed by atoms with Crippen LogP contribution < -0.4 is 10.6 Å². The number of aliphatic carboxylic acids is 1. The Morgan fingerprint density at radius 3 is 2.38 bits per heavy atom. The van der Waals surface area contributed by atoms with E-state index in [1.54, 1.807) is 6.92 Å². The summed E-state index contributed by atoms with van der Waals surface area (Å²) in [6.45, 7) is 3.37. The molecule has 2 atom stereocenters. The lowest BCUT2D eigenvalue weighted by molar-refractivity contribution is -0.143. The summed E-state index contributed by atoms with van der Waals surface area (Å²) in [6.07, 6.45) is 1.82. The van der Waals surface area contributed by atoms with Crippen LogP contribution >= 0.6 is 0 Å². The monoisotopic (exact) mass is 250 g/mol. The molecule has 0 aliphatic carbocycles. The Morgan fingerprint density at radius 2 is 2.00 bits per heavy atom. The van der Waals surface area contributed by atoms with Gasteiger partial charge in [0.1, 0.15) is 5.54 Å². The summed E-state index contributed by atoms with van der Waals surface area (Å²) < 4.78 is 10.7. The third-order valence-electron chi connectivity index (χ3n) is 2.24. The lowest BCUT2D eigenvalue weighted by Gasteiger charge is -2.24. The summed E-state index contributed by atoms with van der Waals surface area (Å²) in [6, 6.07) is -0.558. The van der Waals surface area contributed by atoms with Gasteiger partial charge in [0.15, 0.2) is 0 Å². The summed E-state index contributed by atoms with van der Waals surface area (Å²) in [5.41, 5.74) is -1.27. The zero-order valence-electron chi connectivity index (χ0n) is 9.70. The lowest BCUT2D eigenvalue weighted by Crippen LogP contribution is -2.55. The van der Waals surface area contributed by atoms with Crippen LogP contribution in [0.3, 0.4) is 0 Å². The number of amides is 2. The molecule has 3 N–H and O–H groups in total. The number of carbonyl (C=O) groups is 2. The second kappa shape index (κ2) is 6.47. The van der Waals surface area contributed by atoms with Crippen molar-refractivity contribution in [2.75, 3.05) is 18.6 Å². The van der Waals surface area contributed by atoms with Crippen molar-refractivity contribution >= 4 is 22.8 Å². The van der Waals surface area contributed by atoms with Gasteiger partial charge in [0, 0.05) is 29.4 Å². The molecule has 7 heteroatoms. The van der Waals surface area contributed by atoms with Gasteiger partial charge in [-0.25, -0.2) is 9.59 Å². The van der Waals surface area contributed by atoms with E-state index < -0.39 is 28.3 Å². The fourth-order valence-electron chi connectivity index (χ4n) is 0.896. The van der Waals surface area contributed by atoms with E-state index in [4.69, 9.17) is 5.11 Å². The topological polar surface area (TPSA) is 95.5 Å². The molecule has 0 rings (SSSR count). The molecule has 0 aliphatic rings. The molecule has 0 aromatic heterocycles. The molecular formula is C9H18N2O4S. The molecular weight excluding hydrogens is 232 g/mol. The number of carboxylic acids is 1. The van der Waals surface area contributed by atoms with Gasteiger partial charge in [-0.3, -0.25) is 4.21 Å². The molecule has 0 saturated carbocycles. The lowest BCUT2D eigenvalue weighted by atomic mass is 10.00. The number of urea groups is 1. The molecule has 94 valence electrons. The molecule has 0 bridgehead atoms. The molecule has 0 aliphatic heterocycles. The van der Waals surface area contributed by atoms with Crippen LogP contribution in [0, 0.1) is 0 Å². The molecule has 0 heterocycles. The third kappa shape index (κ3) is 5.11. The first-order valence-electron chi connectivity index (χ1n) is 4.91. The van der Waals surface area contributed by atoms with Crippen molar-refractivity contribution in [2.45, 2.75) is 25.8 Å². The summed E-state index contributed by atoms with van der Waals surface area (Å²) in [5.74, 6) is -0.729. The van der Waals surface area contributed by atoms with Crippen molar-refractivity contribution in [3.05, 3.63) is 0 Å². The predicted octanol–water partition coefficient (Wildman–Crippen LogP) is -0.0826. The summed E-state index contributed by atoms with van der Waals surface area (Å²) in [7, 11) is -0.975. The minimum Gasteiger partial charge on any atom is -0.480 e.